The van der Waals surface area contributed by atoms with Crippen LogP contribution >= 0.6 is 0 Å². The fourth-order valence-electron chi connectivity index (χ4n) is 5.60. The average Bonchev–Trinajstić information content (AvgIpc) is 3.47. The summed E-state index contributed by atoms with van der Waals surface area (Å²) in [6.45, 7) is -0.448. The highest BCUT2D eigenvalue weighted by molar-refractivity contribution is 6.08. The van der Waals surface area contributed by atoms with Crippen molar-refractivity contribution in [1.82, 2.24) is 5.01 Å². The highest BCUT2D eigenvalue weighted by atomic mass is 16.5. The number of carbonyl (C=O) groups is 2. The van der Waals surface area contributed by atoms with Gasteiger partial charge in [-0.15, -0.1) is 0 Å². The second-order valence-electron chi connectivity index (χ2n) is 10.4. The molecule has 3 aromatic carbocycles. The first-order valence-corrected chi connectivity index (χ1v) is 14.4. The minimum absolute atomic E-state index is 0.00345. The van der Waals surface area contributed by atoms with Crippen LogP contribution in [-0.2, 0) is 14.3 Å². The van der Waals surface area contributed by atoms with Crippen LogP contribution < -0.4 is 18.9 Å². The van der Waals surface area contributed by atoms with Gasteiger partial charge >= 0.3 is 5.97 Å². The number of carbonyl (C=O) groups excluding carboxylic acids is 2. The lowest BCUT2D eigenvalue weighted by Crippen LogP contribution is -2.34. The van der Waals surface area contributed by atoms with E-state index in [1.165, 1.54) is 18.2 Å². The lowest BCUT2D eigenvalue weighted by atomic mass is 9.77. The summed E-state index contributed by atoms with van der Waals surface area (Å²) in [6, 6.07) is 20.5. The number of benzene rings is 3. The summed E-state index contributed by atoms with van der Waals surface area (Å²) in [6.07, 6.45) is 7.67. The maximum Gasteiger partial charge on any atom is 0.331 e. The van der Waals surface area contributed by atoms with E-state index in [4.69, 9.17) is 28.8 Å². The molecule has 9 nitrogen and oxygen atoms in total. The minimum atomic E-state index is -0.651. The Morgan fingerprint density at radius 1 is 0.864 bits per heavy atom. The van der Waals surface area contributed by atoms with Crippen LogP contribution in [0.3, 0.4) is 0 Å². The molecule has 1 amide bonds. The molecule has 2 atom stereocenters. The maximum atomic E-state index is 13.6. The average molecular weight is 597 g/mol. The van der Waals surface area contributed by atoms with E-state index in [0.29, 0.717) is 17.1 Å². The van der Waals surface area contributed by atoms with Crippen LogP contribution in [0.15, 0.2) is 83.5 Å². The summed E-state index contributed by atoms with van der Waals surface area (Å²) in [5.74, 6) is 1.64. The first-order valence-electron chi connectivity index (χ1n) is 14.4. The second-order valence-corrected chi connectivity index (χ2v) is 10.4. The number of rotatable bonds is 10. The predicted octanol–water partition coefficient (Wildman–Crippen LogP) is 6.10. The molecule has 5 rings (SSSR count). The number of methoxy groups -OCH3 is 4. The van der Waals surface area contributed by atoms with Gasteiger partial charge in [0.1, 0.15) is 23.0 Å². The van der Waals surface area contributed by atoms with Crippen LogP contribution in [0, 0.1) is 5.92 Å². The molecule has 44 heavy (non-hydrogen) atoms. The van der Waals surface area contributed by atoms with Gasteiger partial charge in [-0.1, -0.05) is 24.3 Å². The van der Waals surface area contributed by atoms with Gasteiger partial charge in [-0.05, 0) is 84.5 Å². The van der Waals surface area contributed by atoms with Crippen LogP contribution in [0.2, 0.25) is 0 Å². The molecule has 1 aliphatic heterocycles. The topological polar surface area (TPSA) is 95.9 Å². The van der Waals surface area contributed by atoms with Gasteiger partial charge < -0.3 is 23.7 Å². The summed E-state index contributed by atoms with van der Waals surface area (Å²) in [4.78, 5) is 26.2. The Balaban J connectivity index is 1.36. The minimum Gasteiger partial charge on any atom is -0.497 e. The van der Waals surface area contributed by atoms with Gasteiger partial charge in [0.15, 0.2) is 6.61 Å². The normalized spacial score (nSPS) is 18.5. The SMILES string of the molecule is COc1ccc(/C=C2\CCCC3C2=NN(C(=O)COC(=O)/C=C/c2ccc(OC)cc2OC)C3c2ccc(OC)cc2)cc1. The standard InChI is InChI=1S/C35H36N2O7/c1-40-27-14-8-23(9-15-27)20-26-6-5-7-30-34(26)36-37(35(30)25-11-16-28(41-2)17-12-25)32(38)22-44-33(39)19-13-24-10-18-29(42-3)21-31(24)43-4/h8-21,30,35H,5-7,22H2,1-4H3/b19-13+,26-20+. The molecule has 2 aliphatic rings. The number of hydrazone groups is 1. The number of esters is 1. The van der Waals surface area contributed by atoms with Crippen LogP contribution in [-0.4, -0.2) is 57.6 Å². The Morgan fingerprint density at radius 3 is 2.18 bits per heavy atom. The molecule has 1 heterocycles. The summed E-state index contributed by atoms with van der Waals surface area (Å²) < 4.78 is 26.6. The molecule has 2 unspecified atom stereocenters. The van der Waals surface area contributed by atoms with Crippen molar-refractivity contribution in [1.29, 1.82) is 0 Å². The van der Waals surface area contributed by atoms with Gasteiger partial charge in [0.25, 0.3) is 5.91 Å². The van der Waals surface area contributed by atoms with Crippen molar-refractivity contribution in [2.75, 3.05) is 35.0 Å². The van der Waals surface area contributed by atoms with Crippen LogP contribution in [0.5, 0.6) is 23.0 Å². The predicted molar refractivity (Wildman–Crippen MR) is 168 cm³/mol. The number of hydrogen-bond donors (Lipinski definition) is 0. The number of fused-ring (bicyclic) bond motifs is 1. The zero-order chi connectivity index (χ0) is 31.1. The fourth-order valence-corrected chi connectivity index (χ4v) is 5.60. The summed E-state index contributed by atoms with van der Waals surface area (Å²) in [5, 5.41) is 6.36. The molecule has 0 N–H and O–H groups in total. The van der Waals surface area contributed by atoms with E-state index in [1.807, 2.05) is 48.5 Å². The van der Waals surface area contributed by atoms with E-state index in [9.17, 15) is 9.59 Å². The third-order valence-electron chi connectivity index (χ3n) is 7.85. The van der Waals surface area contributed by atoms with Gasteiger partial charge in [-0.25, -0.2) is 9.80 Å². The van der Waals surface area contributed by atoms with Crippen molar-refractivity contribution in [2.45, 2.75) is 25.3 Å². The molecule has 1 aliphatic carbocycles. The van der Waals surface area contributed by atoms with Crippen LogP contribution in [0.4, 0.5) is 0 Å². The first kappa shape index (κ1) is 30.4. The highest BCUT2D eigenvalue weighted by Gasteiger charge is 2.43. The van der Waals surface area contributed by atoms with Crippen molar-refractivity contribution in [2.24, 2.45) is 11.0 Å². The van der Waals surface area contributed by atoms with Gasteiger partial charge in [0, 0.05) is 23.6 Å². The monoisotopic (exact) mass is 596 g/mol. The summed E-state index contributed by atoms with van der Waals surface area (Å²) >= 11 is 0. The van der Waals surface area contributed by atoms with E-state index < -0.39 is 18.5 Å². The lowest BCUT2D eigenvalue weighted by Gasteiger charge is -2.29. The number of ether oxygens (including phenoxy) is 5. The Hall–Kier alpha value is -5.05. The quantitative estimate of drug-likeness (QED) is 0.206. The van der Waals surface area contributed by atoms with Crippen molar-refractivity contribution >= 4 is 29.7 Å². The van der Waals surface area contributed by atoms with E-state index in [0.717, 1.165) is 53.2 Å². The maximum absolute atomic E-state index is 13.6. The molecule has 1 fully saturated rings. The molecule has 0 spiro atoms. The first-order chi connectivity index (χ1) is 21.4. The van der Waals surface area contributed by atoms with Crippen LogP contribution in [0.1, 0.15) is 42.0 Å². The molecular formula is C35H36N2O7. The largest absolute Gasteiger partial charge is 0.497 e. The molecule has 0 aromatic heterocycles. The van der Waals surface area contributed by atoms with Crippen molar-refractivity contribution in [3.8, 4) is 23.0 Å². The summed E-state index contributed by atoms with van der Waals surface area (Å²) in [7, 11) is 6.36. The number of nitrogens with zero attached hydrogens (tertiary/aromatic N) is 2. The third kappa shape index (κ3) is 6.78. The van der Waals surface area contributed by atoms with Crippen LogP contribution in [0.25, 0.3) is 12.2 Å². The van der Waals surface area contributed by atoms with E-state index in [2.05, 4.69) is 6.08 Å². The van der Waals surface area contributed by atoms with Crippen molar-refractivity contribution < 1.29 is 33.3 Å². The Kier molecular flexibility index (Phi) is 9.64. The lowest BCUT2D eigenvalue weighted by molar-refractivity contribution is -0.149. The summed E-state index contributed by atoms with van der Waals surface area (Å²) in [5.41, 5.74) is 4.62. The van der Waals surface area contributed by atoms with Gasteiger partial charge in [-0.2, -0.15) is 5.10 Å². The fraction of sp³-hybridized carbons (Fsp3) is 0.286. The second kappa shape index (κ2) is 13.9. The highest BCUT2D eigenvalue weighted by Crippen LogP contribution is 2.44. The van der Waals surface area contributed by atoms with Crippen molar-refractivity contribution in [3.63, 3.8) is 0 Å². The zero-order valence-corrected chi connectivity index (χ0v) is 25.3. The van der Waals surface area contributed by atoms with E-state index >= 15 is 0 Å². The molecule has 1 saturated carbocycles. The molecule has 0 bridgehead atoms. The molecular weight excluding hydrogens is 560 g/mol. The number of allylic oxidation sites excluding steroid dienone is 1. The van der Waals surface area contributed by atoms with Gasteiger partial charge in [-0.3, -0.25) is 4.79 Å². The molecule has 0 saturated heterocycles. The number of hydrogen-bond acceptors (Lipinski definition) is 8. The Bertz CT molecular complexity index is 1580. The molecule has 9 heteroatoms. The van der Waals surface area contributed by atoms with E-state index in [1.54, 1.807) is 45.6 Å². The van der Waals surface area contributed by atoms with Gasteiger partial charge in [0.05, 0.1) is 40.2 Å². The zero-order valence-electron chi connectivity index (χ0n) is 25.3. The van der Waals surface area contributed by atoms with Crippen molar-refractivity contribution in [3.05, 3.63) is 95.1 Å². The molecule has 3 aromatic rings. The Morgan fingerprint density at radius 2 is 1.52 bits per heavy atom. The molecule has 0 radical (unpaired) electrons. The van der Waals surface area contributed by atoms with Gasteiger partial charge in [0.2, 0.25) is 0 Å². The third-order valence-corrected chi connectivity index (χ3v) is 7.85. The van der Waals surface area contributed by atoms with E-state index in [-0.39, 0.29) is 12.0 Å². The smallest absolute Gasteiger partial charge is 0.331 e. The number of amides is 1. The Labute approximate surface area is 257 Å². The molecule has 228 valence electrons.